The Morgan fingerprint density at radius 2 is 1.90 bits per heavy atom. The van der Waals surface area contributed by atoms with Crippen LogP contribution < -0.4 is 14.8 Å². The number of amides is 1. The number of halogens is 1. The minimum absolute atomic E-state index is 0.0898. The van der Waals surface area contributed by atoms with Gasteiger partial charge in [0.25, 0.3) is 5.91 Å². The molecule has 8 nitrogen and oxygen atoms in total. The Morgan fingerprint density at radius 3 is 2.59 bits per heavy atom. The number of sulfonamides is 1. The summed E-state index contributed by atoms with van der Waals surface area (Å²) in [7, 11) is -2.23. The third-order valence-corrected chi connectivity index (χ3v) is 6.81. The highest BCUT2D eigenvalue weighted by molar-refractivity contribution is 7.89. The number of nitrogens with zero attached hydrogens (tertiary/aromatic N) is 2. The first kappa shape index (κ1) is 21.2. The number of carbonyl (C=O) groups excluding carboxylic acids is 1. The van der Waals surface area contributed by atoms with Crippen LogP contribution in [0.1, 0.15) is 20.4 Å². The number of benzene rings is 2. The summed E-state index contributed by atoms with van der Waals surface area (Å²) in [6.45, 7) is 1.53. The Labute approximate surface area is 176 Å². The van der Waals surface area contributed by atoms with Crippen LogP contribution in [0.5, 0.6) is 5.75 Å². The molecule has 0 saturated heterocycles. The minimum atomic E-state index is -3.79. The Hall–Kier alpha value is -2.53. The van der Waals surface area contributed by atoms with Crippen molar-refractivity contribution < 1.29 is 17.9 Å². The van der Waals surface area contributed by atoms with Gasteiger partial charge in [-0.25, -0.2) is 13.1 Å². The first-order valence-corrected chi connectivity index (χ1v) is 11.0. The van der Waals surface area contributed by atoms with Gasteiger partial charge in [0.1, 0.15) is 10.8 Å². The highest BCUT2D eigenvalue weighted by atomic mass is 35.5. The summed E-state index contributed by atoms with van der Waals surface area (Å²) in [6, 6.07) is 11.5. The second kappa shape index (κ2) is 8.87. The van der Waals surface area contributed by atoms with E-state index in [9.17, 15) is 13.2 Å². The van der Waals surface area contributed by atoms with Crippen molar-refractivity contribution >= 4 is 44.6 Å². The van der Waals surface area contributed by atoms with E-state index in [-0.39, 0.29) is 16.4 Å². The molecule has 2 aromatic carbocycles. The third-order valence-electron chi connectivity index (χ3n) is 3.93. The molecule has 0 radical (unpaired) electrons. The van der Waals surface area contributed by atoms with Gasteiger partial charge in [-0.05, 0) is 48.9 Å². The number of anilines is 1. The monoisotopic (exact) mass is 452 g/mol. The third kappa shape index (κ3) is 5.10. The fourth-order valence-electron chi connectivity index (χ4n) is 2.39. The van der Waals surface area contributed by atoms with E-state index < -0.39 is 15.9 Å². The average molecular weight is 453 g/mol. The topological polar surface area (TPSA) is 110 Å². The first-order valence-electron chi connectivity index (χ1n) is 8.33. The van der Waals surface area contributed by atoms with Gasteiger partial charge in [0, 0.05) is 10.7 Å². The molecule has 152 valence electrons. The van der Waals surface area contributed by atoms with E-state index in [1.165, 1.54) is 6.07 Å². The summed E-state index contributed by atoms with van der Waals surface area (Å²) in [5.41, 5.74) is 1.03. The van der Waals surface area contributed by atoms with Crippen molar-refractivity contribution in [3.05, 3.63) is 63.1 Å². The predicted octanol–water partition coefficient (Wildman–Crippen LogP) is 3.24. The number of carbonyl (C=O) groups is 1. The number of hydrogen-bond acceptors (Lipinski definition) is 7. The lowest BCUT2D eigenvalue weighted by Gasteiger charge is -2.09. The smallest absolute Gasteiger partial charge is 0.286 e. The maximum atomic E-state index is 12.5. The van der Waals surface area contributed by atoms with Crippen molar-refractivity contribution in [3.63, 3.8) is 0 Å². The quantitative estimate of drug-likeness (QED) is 0.569. The van der Waals surface area contributed by atoms with Crippen molar-refractivity contribution in [2.45, 2.75) is 18.4 Å². The fourth-order valence-corrected chi connectivity index (χ4v) is 4.64. The Morgan fingerprint density at radius 1 is 1.17 bits per heavy atom. The number of nitrogens with one attached hydrogen (secondary N) is 2. The maximum Gasteiger partial charge on any atom is 0.286 e. The lowest BCUT2D eigenvalue weighted by molar-refractivity contribution is 0.102. The van der Waals surface area contributed by atoms with Crippen molar-refractivity contribution in [1.29, 1.82) is 0 Å². The van der Waals surface area contributed by atoms with Crippen LogP contribution in [0.25, 0.3) is 0 Å². The average Bonchev–Trinajstić information content (AvgIpc) is 3.18. The molecule has 1 heterocycles. The number of hydrogen-bond donors (Lipinski definition) is 2. The van der Waals surface area contributed by atoms with E-state index in [4.69, 9.17) is 16.3 Å². The molecule has 0 aliphatic heterocycles. The molecular formula is C18H17ClN4O4S2. The van der Waals surface area contributed by atoms with Crippen LogP contribution in [0.4, 0.5) is 5.69 Å². The van der Waals surface area contributed by atoms with E-state index in [0.717, 1.165) is 11.3 Å². The molecule has 0 saturated carbocycles. The predicted molar refractivity (Wildman–Crippen MR) is 111 cm³/mol. The second-order valence-electron chi connectivity index (χ2n) is 5.87. The van der Waals surface area contributed by atoms with E-state index in [1.807, 2.05) is 0 Å². The molecule has 0 spiro atoms. The Bertz CT molecular complexity index is 1130. The molecule has 29 heavy (non-hydrogen) atoms. The molecule has 0 aliphatic rings. The van der Waals surface area contributed by atoms with Crippen LogP contribution in [-0.2, 0) is 16.6 Å². The number of ether oxygens (including phenoxy) is 1. The zero-order valence-electron chi connectivity index (χ0n) is 15.5. The molecule has 0 bridgehead atoms. The molecule has 1 amide bonds. The maximum absolute atomic E-state index is 12.5. The fraction of sp³-hybridized carbons (Fsp3) is 0.167. The lowest BCUT2D eigenvalue weighted by Crippen LogP contribution is -2.24. The van der Waals surface area contributed by atoms with Gasteiger partial charge < -0.3 is 10.1 Å². The largest absolute Gasteiger partial charge is 0.497 e. The van der Waals surface area contributed by atoms with E-state index in [0.29, 0.717) is 27.0 Å². The van der Waals surface area contributed by atoms with Crippen molar-refractivity contribution in [3.8, 4) is 5.75 Å². The first-order chi connectivity index (χ1) is 13.8. The molecule has 3 aromatic rings. The van der Waals surface area contributed by atoms with Crippen molar-refractivity contribution in [1.82, 2.24) is 14.9 Å². The second-order valence-corrected chi connectivity index (χ2v) is 9.08. The molecule has 1 aromatic heterocycles. The van der Waals surface area contributed by atoms with Crippen LogP contribution in [0.3, 0.4) is 0 Å². The molecule has 3 rings (SSSR count). The number of methoxy groups -OCH3 is 1. The summed E-state index contributed by atoms with van der Waals surface area (Å²) >= 11 is 6.99. The molecule has 0 aliphatic carbocycles. The Balaban J connectivity index is 1.65. The summed E-state index contributed by atoms with van der Waals surface area (Å²) in [5.74, 6) is 0.232. The summed E-state index contributed by atoms with van der Waals surface area (Å²) < 4.78 is 32.5. The SMILES string of the molecule is COc1ccc(NC(=O)c2nnc(CNS(=O)(=O)c3cccc(Cl)c3C)s2)cc1. The highest BCUT2D eigenvalue weighted by Gasteiger charge is 2.19. The molecular weight excluding hydrogens is 436 g/mol. The van der Waals surface area contributed by atoms with Crippen LogP contribution in [0.15, 0.2) is 47.4 Å². The molecule has 0 unspecified atom stereocenters. The van der Waals surface area contributed by atoms with Gasteiger partial charge in [-0.3, -0.25) is 4.79 Å². The standard InChI is InChI=1S/C18H17ClN4O4S2/c1-11-14(19)4-3-5-15(11)29(25,26)20-10-16-22-23-18(28-16)17(24)21-12-6-8-13(27-2)9-7-12/h3-9,20H,10H2,1-2H3,(H,21,24). The van der Waals surface area contributed by atoms with Gasteiger partial charge in [0.05, 0.1) is 18.6 Å². The molecule has 0 atom stereocenters. The van der Waals surface area contributed by atoms with Crippen molar-refractivity contribution in [2.24, 2.45) is 0 Å². The van der Waals surface area contributed by atoms with E-state index in [2.05, 4.69) is 20.2 Å². The number of aromatic nitrogens is 2. The highest BCUT2D eigenvalue weighted by Crippen LogP contribution is 2.23. The van der Waals surface area contributed by atoms with Gasteiger partial charge in [0.2, 0.25) is 15.0 Å². The summed E-state index contributed by atoms with van der Waals surface area (Å²) in [4.78, 5) is 12.4. The van der Waals surface area contributed by atoms with Gasteiger partial charge >= 0.3 is 0 Å². The number of rotatable bonds is 7. The molecule has 2 N–H and O–H groups in total. The van der Waals surface area contributed by atoms with Gasteiger partial charge in [-0.2, -0.15) is 0 Å². The zero-order valence-corrected chi connectivity index (χ0v) is 17.9. The summed E-state index contributed by atoms with van der Waals surface area (Å²) in [6.07, 6.45) is 0. The van der Waals surface area contributed by atoms with Crippen LogP contribution in [-0.4, -0.2) is 31.6 Å². The zero-order chi connectivity index (χ0) is 21.0. The van der Waals surface area contributed by atoms with E-state index >= 15 is 0 Å². The molecule has 11 heteroatoms. The lowest BCUT2D eigenvalue weighted by atomic mass is 10.2. The minimum Gasteiger partial charge on any atom is -0.497 e. The van der Waals surface area contributed by atoms with Crippen LogP contribution >= 0.6 is 22.9 Å². The van der Waals surface area contributed by atoms with Crippen LogP contribution in [0.2, 0.25) is 5.02 Å². The molecule has 0 fully saturated rings. The Kier molecular flexibility index (Phi) is 6.48. The van der Waals surface area contributed by atoms with Crippen molar-refractivity contribution in [2.75, 3.05) is 12.4 Å². The van der Waals surface area contributed by atoms with Gasteiger partial charge in [-0.1, -0.05) is 29.0 Å². The van der Waals surface area contributed by atoms with E-state index in [1.54, 1.807) is 50.4 Å². The summed E-state index contributed by atoms with van der Waals surface area (Å²) in [5, 5.41) is 11.2. The van der Waals surface area contributed by atoms with Gasteiger partial charge in [-0.15, -0.1) is 10.2 Å². The normalized spacial score (nSPS) is 11.3. The van der Waals surface area contributed by atoms with Crippen LogP contribution in [0, 0.1) is 6.92 Å². The van der Waals surface area contributed by atoms with Gasteiger partial charge in [0.15, 0.2) is 0 Å².